The summed E-state index contributed by atoms with van der Waals surface area (Å²) in [5, 5.41) is 3.30. The molecule has 1 atom stereocenters. The normalized spacial score (nSPS) is 16.3. The molecule has 1 N–H and O–H groups in total. The van der Waals surface area contributed by atoms with Gasteiger partial charge in [-0.15, -0.1) is 0 Å². The Hall–Kier alpha value is -0.650. The van der Waals surface area contributed by atoms with Gasteiger partial charge in [0.05, 0.1) is 19.8 Å². The van der Waals surface area contributed by atoms with E-state index in [0.29, 0.717) is 38.9 Å². The van der Waals surface area contributed by atoms with Crippen LogP contribution in [0.5, 0.6) is 0 Å². The molecule has 0 aromatic rings. The third-order valence-corrected chi connectivity index (χ3v) is 2.86. The Balaban J connectivity index is 2.08. The van der Waals surface area contributed by atoms with Gasteiger partial charge in [0.15, 0.2) is 0 Å². The molecule has 0 saturated heterocycles. The zero-order chi connectivity index (χ0) is 13.9. The number of carbonyl (C=O) groups is 1. The van der Waals surface area contributed by atoms with Gasteiger partial charge < -0.3 is 19.5 Å². The summed E-state index contributed by atoms with van der Waals surface area (Å²) in [7, 11) is 0. The molecule has 0 aromatic heterocycles. The summed E-state index contributed by atoms with van der Waals surface area (Å²) in [6, 6.07) is 0.256. The first kappa shape index (κ1) is 16.4. The van der Waals surface area contributed by atoms with E-state index in [9.17, 15) is 4.79 Å². The van der Waals surface area contributed by atoms with Gasteiger partial charge in [0, 0.05) is 19.3 Å². The maximum Gasteiger partial charge on any atom is 0.323 e. The molecule has 5 nitrogen and oxygen atoms in total. The fraction of sp³-hybridized carbons (Fsp3) is 0.929. The number of carbonyl (C=O) groups excluding carboxylic acids is 1. The van der Waals surface area contributed by atoms with Crippen molar-refractivity contribution in [2.24, 2.45) is 0 Å². The molecule has 1 aliphatic carbocycles. The Kier molecular flexibility index (Phi) is 8.79. The molecule has 1 aliphatic rings. The number of hydrogen-bond acceptors (Lipinski definition) is 5. The maximum atomic E-state index is 11.7. The monoisotopic (exact) mass is 273 g/mol. The Morgan fingerprint density at radius 3 is 2.42 bits per heavy atom. The van der Waals surface area contributed by atoms with Crippen LogP contribution < -0.4 is 5.32 Å². The van der Waals surface area contributed by atoms with Crippen LogP contribution >= 0.6 is 0 Å². The Labute approximate surface area is 116 Å². The van der Waals surface area contributed by atoms with E-state index >= 15 is 0 Å². The SMILES string of the molecule is CCCOCCOCCC(NC1CC1)C(=O)OCC. The van der Waals surface area contributed by atoms with Crippen LogP contribution in [0.25, 0.3) is 0 Å². The first-order chi connectivity index (χ1) is 9.27. The molecule has 1 saturated carbocycles. The zero-order valence-electron chi connectivity index (χ0n) is 12.2. The summed E-state index contributed by atoms with van der Waals surface area (Å²) < 4.78 is 15.8. The summed E-state index contributed by atoms with van der Waals surface area (Å²) >= 11 is 0. The average molecular weight is 273 g/mol. The Bertz CT molecular complexity index is 244. The van der Waals surface area contributed by atoms with Crippen LogP contribution in [0.2, 0.25) is 0 Å². The van der Waals surface area contributed by atoms with Crippen molar-refractivity contribution in [3.8, 4) is 0 Å². The number of esters is 1. The molecule has 0 aliphatic heterocycles. The lowest BCUT2D eigenvalue weighted by atomic mass is 10.2. The van der Waals surface area contributed by atoms with Gasteiger partial charge in [-0.1, -0.05) is 6.92 Å². The van der Waals surface area contributed by atoms with Crippen molar-refractivity contribution in [1.29, 1.82) is 0 Å². The van der Waals surface area contributed by atoms with E-state index in [0.717, 1.165) is 25.9 Å². The fourth-order valence-corrected chi connectivity index (χ4v) is 1.71. The van der Waals surface area contributed by atoms with Crippen LogP contribution in [-0.4, -0.2) is 51.1 Å². The van der Waals surface area contributed by atoms with Crippen LogP contribution in [-0.2, 0) is 19.0 Å². The largest absolute Gasteiger partial charge is 0.465 e. The molecule has 0 bridgehead atoms. The molecule has 1 rings (SSSR count). The van der Waals surface area contributed by atoms with Crippen LogP contribution in [0.15, 0.2) is 0 Å². The second-order valence-corrected chi connectivity index (χ2v) is 4.76. The van der Waals surface area contributed by atoms with Crippen molar-refractivity contribution < 1.29 is 19.0 Å². The fourth-order valence-electron chi connectivity index (χ4n) is 1.71. The minimum atomic E-state index is -0.232. The van der Waals surface area contributed by atoms with E-state index in [-0.39, 0.29) is 12.0 Å². The lowest BCUT2D eigenvalue weighted by Gasteiger charge is -2.16. The molecule has 19 heavy (non-hydrogen) atoms. The van der Waals surface area contributed by atoms with E-state index < -0.39 is 0 Å². The smallest absolute Gasteiger partial charge is 0.323 e. The molecule has 0 amide bonds. The van der Waals surface area contributed by atoms with Gasteiger partial charge in [-0.2, -0.15) is 0 Å². The van der Waals surface area contributed by atoms with Crippen molar-refractivity contribution in [3.63, 3.8) is 0 Å². The van der Waals surface area contributed by atoms with Gasteiger partial charge in [0.25, 0.3) is 0 Å². The molecule has 0 heterocycles. The highest BCUT2D eigenvalue weighted by Crippen LogP contribution is 2.20. The summed E-state index contributed by atoms with van der Waals surface area (Å²) in [5.74, 6) is -0.166. The van der Waals surface area contributed by atoms with Crippen LogP contribution in [0, 0.1) is 0 Å². The molecule has 112 valence electrons. The predicted molar refractivity (Wildman–Crippen MR) is 73.1 cm³/mol. The van der Waals surface area contributed by atoms with Crippen molar-refractivity contribution >= 4 is 5.97 Å². The molecular formula is C14H27NO4. The summed E-state index contributed by atoms with van der Waals surface area (Å²) in [5.41, 5.74) is 0. The van der Waals surface area contributed by atoms with Gasteiger partial charge in [-0.3, -0.25) is 4.79 Å². The highest BCUT2D eigenvalue weighted by molar-refractivity contribution is 5.75. The quantitative estimate of drug-likeness (QED) is 0.431. The van der Waals surface area contributed by atoms with Gasteiger partial charge in [0.1, 0.15) is 6.04 Å². The third kappa shape index (κ3) is 8.18. The highest BCUT2D eigenvalue weighted by atomic mass is 16.5. The molecule has 1 unspecified atom stereocenters. The summed E-state index contributed by atoms with van der Waals surface area (Å²) in [4.78, 5) is 11.7. The lowest BCUT2D eigenvalue weighted by molar-refractivity contribution is -0.146. The molecule has 5 heteroatoms. The summed E-state index contributed by atoms with van der Waals surface area (Å²) in [6.07, 6.45) is 3.99. The minimum Gasteiger partial charge on any atom is -0.465 e. The Morgan fingerprint density at radius 2 is 1.84 bits per heavy atom. The average Bonchev–Trinajstić information content (AvgIpc) is 3.20. The maximum absolute atomic E-state index is 11.7. The molecule has 1 fully saturated rings. The molecule has 0 aromatic carbocycles. The van der Waals surface area contributed by atoms with Gasteiger partial charge >= 0.3 is 5.97 Å². The van der Waals surface area contributed by atoms with E-state index in [4.69, 9.17) is 14.2 Å². The van der Waals surface area contributed by atoms with Crippen molar-refractivity contribution in [1.82, 2.24) is 5.32 Å². The van der Waals surface area contributed by atoms with E-state index in [1.165, 1.54) is 0 Å². The first-order valence-electron chi connectivity index (χ1n) is 7.36. The predicted octanol–water partition coefficient (Wildman–Crippen LogP) is 1.50. The second-order valence-electron chi connectivity index (χ2n) is 4.76. The van der Waals surface area contributed by atoms with E-state index in [2.05, 4.69) is 12.2 Å². The molecule has 0 radical (unpaired) electrons. The van der Waals surface area contributed by atoms with Crippen LogP contribution in [0.1, 0.15) is 39.5 Å². The van der Waals surface area contributed by atoms with Gasteiger partial charge in [-0.25, -0.2) is 0 Å². The topological polar surface area (TPSA) is 56.8 Å². The lowest BCUT2D eigenvalue weighted by Crippen LogP contribution is -2.40. The van der Waals surface area contributed by atoms with Crippen molar-refractivity contribution in [2.45, 2.75) is 51.6 Å². The van der Waals surface area contributed by atoms with E-state index in [1.807, 2.05) is 6.92 Å². The summed E-state index contributed by atoms with van der Waals surface area (Å²) in [6.45, 7) is 6.86. The van der Waals surface area contributed by atoms with Crippen LogP contribution in [0.4, 0.5) is 0 Å². The first-order valence-corrected chi connectivity index (χ1v) is 7.36. The highest BCUT2D eigenvalue weighted by Gasteiger charge is 2.28. The second kappa shape index (κ2) is 10.2. The van der Waals surface area contributed by atoms with Gasteiger partial charge in [0.2, 0.25) is 0 Å². The Morgan fingerprint density at radius 1 is 1.16 bits per heavy atom. The minimum absolute atomic E-state index is 0.166. The zero-order valence-corrected chi connectivity index (χ0v) is 12.2. The van der Waals surface area contributed by atoms with Crippen molar-refractivity contribution in [2.75, 3.05) is 33.0 Å². The van der Waals surface area contributed by atoms with Crippen molar-refractivity contribution in [3.05, 3.63) is 0 Å². The third-order valence-electron chi connectivity index (χ3n) is 2.86. The number of ether oxygens (including phenoxy) is 3. The number of hydrogen-bond donors (Lipinski definition) is 1. The van der Waals surface area contributed by atoms with Crippen LogP contribution in [0.3, 0.4) is 0 Å². The number of nitrogens with one attached hydrogen (secondary N) is 1. The molecule has 0 spiro atoms. The standard InChI is InChI=1S/C14H27NO4/c1-3-8-17-10-11-18-9-7-13(14(16)19-4-2)15-12-5-6-12/h12-13,15H,3-11H2,1-2H3. The number of rotatable bonds is 12. The van der Waals surface area contributed by atoms with E-state index in [1.54, 1.807) is 0 Å². The molecular weight excluding hydrogens is 246 g/mol. The van der Waals surface area contributed by atoms with Gasteiger partial charge in [-0.05, 0) is 32.6 Å².